The van der Waals surface area contributed by atoms with Gasteiger partial charge in [-0.3, -0.25) is 4.79 Å². The molecule has 2 aliphatic heterocycles. The van der Waals surface area contributed by atoms with Crippen LogP contribution in [0, 0.1) is 5.92 Å². The van der Waals surface area contributed by atoms with Crippen molar-refractivity contribution >= 4 is 5.97 Å². The van der Waals surface area contributed by atoms with Gasteiger partial charge in [0.1, 0.15) is 11.9 Å². The van der Waals surface area contributed by atoms with Gasteiger partial charge in [-0.15, -0.1) is 0 Å². The maximum absolute atomic E-state index is 11.5. The molecule has 1 saturated carbocycles. The van der Waals surface area contributed by atoms with Crippen LogP contribution in [0.2, 0.25) is 0 Å². The van der Waals surface area contributed by atoms with Crippen LogP contribution in [0.3, 0.4) is 0 Å². The molecule has 0 aromatic rings. The van der Waals surface area contributed by atoms with E-state index in [9.17, 15) is 4.79 Å². The Hall–Kier alpha value is -1.75. The molecular formula is C20H28N2O3. The average molecular weight is 344 g/mol. The zero-order chi connectivity index (χ0) is 17.2. The molecule has 2 unspecified atom stereocenters. The van der Waals surface area contributed by atoms with Crippen molar-refractivity contribution in [1.29, 1.82) is 0 Å². The molecule has 5 heteroatoms. The molecule has 2 bridgehead atoms. The van der Waals surface area contributed by atoms with E-state index in [-0.39, 0.29) is 18.0 Å². The normalized spacial score (nSPS) is 39.8. The maximum Gasteiger partial charge on any atom is 0.308 e. The highest BCUT2D eigenvalue weighted by Gasteiger charge is 2.38. The summed E-state index contributed by atoms with van der Waals surface area (Å²) >= 11 is 0. The van der Waals surface area contributed by atoms with Crippen LogP contribution in [-0.4, -0.2) is 49.3 Å². The Balaban J connectivity index is 1.44. The predicted octanol–water partition coefficient (Wildman–Crippen LogP) is 2.51. The number of nitrogens with one attached hydrogen (secondary N) is 1. The van der Waals surface area contributed by atoms with Crippen LogP contribution in [0.15, 0.2) is 35.8 Å². The number of esters is 1. The SMILES string of the molecule is COC(=O)[C@H]1C[C@H](OC2=C/CC/C=C/C(N3C4CCC3CNC4)=C\2)C1. The number of piperazine rings is 1. The first kappa shape index (κ1) is 16.7. The van der Waals surface area contributed by atoms with Gasteiger partial charge in [0.15, 0.2) is 0 Å². The Bertz CT molecular complexity index is 588. The number of fused-ring (bicyclic) bond motifs is 2. The summed E-state index contributed by atoms with van der Waals surface area (Å²) in [5.74, 6) is 0.866. The minimum absolute atomic E-state index is 0.0107. The molecular weight excluding hydrogens is 316 g/mol. The highest BCUT2D eigenvalue weighted by molar-refractivity contribution is 5.73. The van der Waals surface area contributed by atoms with E-state index in [0.29, 0.717) is 12.1 Å². The zero-order valence-electron chi connectivity index (χ0n) is 14.9. The van der Waals surface area contributed by atoms with Crippen molar-refractivity contribution in [1.82, 2.24) is 10.2 Å². The van der Waals surface area contributed by atoms with Crippen LogP contribution in [0.4, 0.5) is 0 Å². The van der Waals surface area contributed by atoms with Crippen molar-refractivity contribution in [3.05, 3.63) is 35.8 Å². The summed E-state index contributed by atoms with van der Waals surface area (Å²) in [6.07, 6.45) is 15.2. The molecule has 5 nitrogen and oxygen atoms in total. The summed E-state index contributed by atoms with van der Waals surface area (Å²) in [6.45, 7) is 2.15. The number of nitrogens with zero attached hydrogens (tertiary/aromatic N) is 1. The molecule has 136 valence electrons. The van der Waals surface area contributed by atoms with Crippen molar-refractivity contribution in [2.75, 3.05) is 20.2 Å². The maximum atomic E-state index is 11.5. The van der Waals surface area contributed by atoms with Gasteiger partial charge in [0.2, 0.25) is 0 Å². The van der Waals surface area contributed by atoms with Gasteiger partial charge in [-0.2, -0.15) is 0 Å². The van der Waals surface area contributed by atoms with Crippen molar-refractivity contribution in [3.63, 3.8) is 0 Å². The molecule has 0 spiro atoms. The number of allylic oxidation sites excluding steroid dienone is 4. The lowest BCUT2D eigenvalue weighted by molar-refractivity contribution is -0.153. The average Bonchev–Trinajstić information content (AvgIpc) is 2.80. The molecule has 25 heavy (non-hydrogen) atoms. The van der Waals surface area contributed by atoms with Gasteiger partial charge in [-0.05, 0) is 50.7 Å². The molecule has 0 radical (unpaired) electrons. The number of hydrogen-bond donors (Lipinski definition) is 1. The number of hydrogen-bond acceptors (Lipinski definition) is 5. The number of carbonyl (C=O) groups excluding carboxylic acids is 1. The van der Waals surface area contributed by atoms with E-state index in [4.69, 9.17) is 9.47 Å². The first-order chi connectivity index (χ1) is 12.2. The standard InChI is InChI=1S/C20H28N2O3/c1-24-20(23)14-9-19(10-14)25-18-6-4-2-3-5-15(11-18)22-16-7-8-17(22)13-21-12-16/h3,5-6,11,14,16-17,19,21H,2,4,7-10,12-13H2,1H3/b5-3+,15-11+,18-6+/t14-,16?,17?,19-. The molecule has 0 aromatic carbocycles. The smallest absolute Gasteiger partial charge is 0.308 e. The van der Waals surface area contributed by atoms with Crippen LogP contribution in [-0.2, 0) is 14.3 Å². The monoisotopic (exact) mass is 344 g/mol. The van der Waals surface area contributed by atoms with E-state index >= 15 is 0 Å². The number of ether oxygens (including phenoxy) is 2. The molecule has 1 N–H and O–H groups in total. The Morgan fingerprint density at radius 2 is 1.96 bits per heavy atom. The first-order valence-corrected chi connectivity index (χ1v) is 9.56. The summed E-state index contributed by atoms with van der Waals surface area (Å²) in [5, 5.41) is 3.54. The van der Waals surface area contributed by atoms with Crippen LogP contribution in [0.1, 0.15) is 38.5 Å². The van der Waals surface area contributed by atoms with Gasteiger partial charge in [0, 0.05) is 36.9 Å². The lowest BCUT2D eigenvalue weighted by Crippen LogP contribution is -2.50. The Morgan fingerprint density at radius 1 is 1.20 bits per heavy atom. The second kappa shape index (κ2) is 7.24. The molecule has 2 heterocycles. The fraction of sp³-hybridized carbons (Fsp3) is 0.650. The Labute approximate surface area is 149 Å². The number of methoxy groups -OCH3 is 1. The summed E-state index contributed by atoms with van der Waals surface area (Å²) in [5.41, 5.74) is 1.28. The molecule has 2 atom stereocenters. The fourth-order valence-electron chi connectivity index (χ4n) is 4.43. The second-order valence-electron chi connectivity index (χ2n) is 7.54. The van der Waals surface area contributed by atoms with E-state index in [1.165, 1.54) is 25.6 Å². The number of carbonyl (C=O) groups is 1. The third-order valence-corrected chi connectivity index (χ3v) is 5.87. The minimum Gasteiger partial charge on any atom is -0.491 e. The molecule has 0 aromatic heterocycles. The lowest BCUT2D eigenvalue weighted by atomic mass is 9.82. The third kappa shape index (κ3) is 3.47. The summed E-state index contributed by atoms with van der Waals surface area (Å²) in [6, 6.07) is 1.20. The first-order valence-electron chi connectivity index (χ1n) is 9.56. The predicted molar refractivity (Wildman–Crippen MR) is 95.7 cm³/mol. The van der Waals surface area contributed by atoms with E-state index in [1.807, 2.05) is 0 Å². The lowest BCUT2D eigenvalue weighted by Gasteiger charge is -2.39. The summed E-state index contributed by atoms with van der Waals surface area (Å²) < 4.78 is 11.0. The third-order valence-electron chi connectivity index (χ3n) is 5.87. The number of rotatable bonds is 4. The van der Waals surface area contributed by atoms with Gasteiger partial charge in [0.25, 0.3) is 0 Å². The van der Waals surface area contributed by atoms with Gasteiger partial charge in [-0.1, -0.05) is 6.08 Å². The molecule has 4 aliphatic rings. The van der Waals surface area contributed by atoms with Crippen molar-refractivity contribution in [2.45, 2.75) is 56.7 Å². The minimum atomic E-state index is -0.108. The summed E-state index contributed by atoms with van der Waals surface area (Å²) in [4.78, 5) is 14.1. The van der Waals surface area contributed by atoms with Crippen LogP contribution in [0.5, 0.6) is 0 Å². The van der Waals surface area contributed by atoms with Crippen LogP contribution >= 0.6 is 0 Å². The second-order valence-corrected chi connectivity index (χ2v) is 7.54. The zero-order valence-corrected chi connectivity index (χ0v) is 14.9. The quantitative estimate of drug-likeness (QED) is 0.794. The van der Waals surface area contributed by atoms with E-state index in [0.717, 1.165) is 44.5 Å². The largest absolute Gasteiger partial charge is 0.491 e. The topological polar surface area (TPSA) is 50.8 Å². The van der Waals surface area contributed by atoms with Gasteiger partial charge in [-0.25, -0.2) is 0 Å². The Morgan fingerprint density at radius 3 is 2.68 bits per heavy atom. The van der Waals surface area contributed by atoms with E-state index in [2.05, 4.69) is 34.5 Å². The van der Waals surface area contributed by atoms with E-state index in [1.54, 1.807) is 0 Å². The molecule has 4 rings (SSSR count). The highest BCUT2D eigenvalue weighted by Crippen LogP contribution is 2.35. The van der Waals surface area contributed by atoms with Gasteiger partial charge < -0.3 is 19.7 Å². The fourth-order valence-corrected chi connectivity index (χ4v) is 4.43. The highest BCUT2D eigenvalue weighted by atomic mass is 16.5. The van der Waals surface area contributed by atoms with E-state index < -0.39 is 0 Å². The molecule has 2 saturated heterocycles. The Kier molecular flexibility index (Phi) is 4.84. The van der Waals surface area contributed by atoms with Crippen LogP contribution in [0.25, 0.3) is 0 Å². The van der Waals surface area contributed by atoms with Crippen molar-refractivity contribution < 1.29 is 14.3 Å². The van der Waals surface area contributed by atoms with Gasteiger partial charge >= 0.3 is 5.97 Å². The van der Waals surface area contributed by atoms with Crippen molar-refractivity contribution in [3.8, 4) is 0 Å². The molecule has 3 fully saturated rings. The van der Waals surface area contributed by atoms with Gasteiger partial charge in [0.05, 0.1) is 13.0 Å². The van der Waals surface area contributed by atoms with Crippen molar-refractivity contribution in [2.24, 2.45) is 5.92 Å². The van der Waals surface area contributed by atoms with Crippen LogP contribution < -0.4 is 5.32 Å². The molecule has 0 amide bonds. The summed E-state index contributed by atoms with van der Waals surface area (Å²) in [7, 11) is 1.46. The molecule has 2 aliphatic carbocycles.